The quantitative estimate of drug-likeness (QED) is 0.548. The van der Waals surface area contributed by atoms with Crippen LogP contribution in [-0.2, 0) is 0 Å². The van der Waals surface area contributed by atoms with Gasteiger partial charge in [0.2, 0.25) is 0 Å². The average molecular weight is 187 g/mol. The van der Waals surface area contributed by atoms with Gasteiger partial charge in [0.15, 0.2) is 0 Å². The predicted molar refractivity (Wildman–Crippen MR) is 51.0 cm³/mol. The molecule has 12 heavy (non-hydrogen) atoms. The van der Waals surface area contributed by atoms with E-state index in [0.29, 0.717) is 24.0 Å². The lowest BCUT2D eigenvalue weighted by Gasteiger charge is -2.04. The van der Waals surface area contributed by atoms with Crippen LogP contribution >= 0.6 is 12.2 Å². The fourth-order valence-corrected chi connectivity index (χ4v) is 0.865. The van der Waals surface area contributed by atoms with Crippen LogP contribution in [-0.4, -0.2) is 23.6 Å². The summed E-state index contributed by atoms with van der Waals surface area (Å²) in [5.41, 5.74) is 5.25. The first-order valence-corrected chi connectivity index (χ1v) is 4.42. The molecule has 0 aliphatic heterocycles. The van der Waals surface area contributed by atoms with Gasteiger partial charge in [-0.1, -0.05) is 12.2 Å². The molecule has 0 aromatic rings. The Labute approximate surface area is 76.9 Å². The molecule has 0 radical (unpaired) electrons. The van der Waals surface area contributed by atoms with E-state index in [-0.39, 0.29) is 6.03 Å². The summed E-state index contributed by atoms with van der Waals surface area (Å²) in [6, 6.07) is 0.281. The number of nitrogens with one attached hydrogen (secondary N) is 2. The Morgan fingerprint density at radius 3 is 2.75 bits per heavy atom. The highest BCUT2D eigenvalue weighted by molar-refractivity contribution is 7.80. The Balaban J connectivity index is 1.97. The van der Waals surface area contributed by atoms with Crippen molar-refractivity contribution in [3.8, 4) is 0 Å². The van der Waals surface area contributed by atoms with Crippen LogP contribution in [0, 0.1) is 0 Å². The van der Waals surface area contributed by atoms with Gasteiger partial charge in [0.25, 0.3) is 0 Å². The van der Waals surface area contributed by atoms with Crippen LogP contribution < -0.4 is 16.4 Å². The normalized spacial score (nSPS) is 15.3. The van der Waals surface area contributed by atoms with E-state index >= 15 is 0 Å². The predicted octanol–water partition coefficient (Wildman–Crippen LogP) is 0.124. The largest absolute Gasteiger partial charge is 0.393 e. The Hall–Kier alpha value is -0.840. The first kappa shape index (κ1) is 9.25. The fourth-order valence-electron chi connectivity index (χ4n) is 0.763. The maximum atomic E-state index is 11.0. The van der Waals surface area contributed by atoms with E-state index in [1.165, 1.54) is 0 Å². The van der Waals surface area contributed by atoms with Crippen LogP contribution in [0.25, 0.3) is 0 Å². The molecule has 1 aliphatic carbocycles. The molecule has 1 rings (SSSR count). The van der Waals surface area contributed by atoms with Crippen LogP contribution in [0.2, 0.25) is 0 Å². The zero-order valence-corrected chi connectivity index (χ0v) is 7.62. The van der Waals surface area contributed by atoms with Crippen LogP contribution in [0.15, 0.2) is 0 Å². The number of urea groups is 1. The van der Waals surface area contributed by atoms with Crippen molar-refractivity contribution in [2.75, 3.05) is 6.54 Å². The smallest absolute Gasteiger partial charge is 0.315 e. The lowest BCUT2D eigenvalue weighted by Crippen LogP contribution is -2.38. The summed E-state index contributed by atoms with van der Waals surface area (Å²) >= 11 is 4.65. The highest BCUT2D eigenvalue weighted by Gasteiger charge is 2.22. The molecule has 0 heterocycles. The Morgan fingerprint density at radius 2 is 2.25 bits per heavy atom. The molecular weight excluding hydrogens is 174 g/mol. The molecule has 0 spiro atoms. The molecule has 4 N–H and O–H groups in total. The molecule has 1 aliphatic rings. The number of thiocarbonyl (C=S) groups is 1. The minimum Gasteiger partial charge on any atom is -0.393 e. The monoisotopic (exact) mass is 187 g/mol. The molecule has 0 bridgehead atoms. The number of hydrogen-bond donors (Lipinski definition) is 3. The third-order valence-electron chi connectivity index (χ3n) is 1.57. The summed E-state index contributed by atoms with van der Waals surface area (Å²) in [4.78, 5) is 11.4. The van der Waals surface area contributed by atoms with Crippen LogP contribution in [0.5, 0.6) is 0 Å². The third-order valence-corrected chi connectivity index (χ3v) is 1.77. The van der Waals surface area contributed by atoms with E-state index in [2.05, 4.69) is 22.9 Å². The Morgan fingerprint density at radius 1 is 1.58 bits per heavy atom. The average Bonchev–Trinajstić information content (AvgIpc) is 2.70. The first-order chi connectivity index (χ1) is 5.68. The standard InChI is InChI=1S/C7H13N3OS/c8-6(12)3-4-9-7(11)10-5-1-2-5/h5H,1-4H2,(H2,8,12)(H2,9,10,11). The van der Waals surface area contributed by atoms with Crippen LogP contribution in [0.3, 0.4) is 0 Å². The van der Waals surface area contributed by atoms with E-state index in [0.717, 1.165) is 12.8 Å². The second kappa shape index (κ2) is 4.25. The number of nitrogens with two attached hydrogens (primary N) is 1. The topological polar surface area (TPSA) is 67.1 Å². The molecular formula is C7H13N3OS. The highest BCUT2D eigenvalue weighted by atomic mass is 32.1. The van der Waals surface area contributed by atoms with Gasteiger partial charge < -0.3 is 16.4 Å². The zero-order chi connectivity index (χ0) is 8.97. The van der Waals surface area contributed by atoms with Crippen LogP contribution in [0.1, 0.15) is 19.3 Å². The SMILES string of the molecule is NC(=S)CCNC(=O)NC1CC1. The summed E-state index contributed by atoms with van der Waals surface area (Å²) in [6.45, 7) is 0.522. The van der Waals surface area contributed by atoms with Gasteiger partial charge in [-0.15, -0.1) is 0 Å². The van der Waals surface area contributed by atoms with Crippen molar-refractivity contribution in [1.29, 1.82) is 0 Å². The second-order valence-corrected chi connectivity index (χ2v) is 3.42. The number of amides is 2. The lowest BCUT2D eigenvalue weighted by atomic mass is 10.4. The Kier molecular flexibility index (Phi) is 3.28. The summed E-state index contributed by atoms with van der Waals surface area (Å²) in [5.74, 6) is 0. The van der Waals surface area contributed by atoms with Gasteiger partial charge in [-0.05, 0) is 12.8 Å². The van der Waals surface area contributed by atoms with Crippen molar-refractivity contribution in [3.63, 3.8) is 0 Å². The fraction of sp³-hybridized carbons (Fsp3) is 0.714. The maximum absolute atomic E-state index is 11.0. The molecule has 0 aromatic heterocycles. The summed E-state index contributed by atoms with van der Waals surface area (Å²) < 4.78 is 0. The minimum absolute atomic E-state index is 0.117. The van der Waals surface area contributed by atoms with E-state index in [9.17, 15) is 4.79 Å². The van der Waals surface area contributed by atoms with Crippen molar-refractivity contribution in [1.82, 2.24) is 10.6 Å². The molecule has 0 atom stereocenters. The molecule has 1 fully saturated rings. The summed E-state index contributed by atoms with van der Waals surface area (Å²) in [6.07, 6.45) is 2.76. The van der Waals surface area contributed by atoms with Gasteiger partial charge >= 0.3 is 6.03 Å². The molecule has 4 nitrogen and oxygen atoms in total. The van der Waals surface area contributed by atoms with Gasteiger partial charge in [0.05, 0.1) is 4.99 Å². The zero-order valence-electron chi connectivity index (χ0n) is 6.80. The second-order valence-electron chi connectivity index (χ2n) is 2.89. The summed E-state index contributed by atoms with van der Waals surface area (Å²) in [7, 11) is 0. The minimum atomic E-state index is -0.117. The van der Waals surface area contributed by atoms with Crippen LogP contribution in [0.4, 0.5) is 4.79 Å². The third kappa shape index (κ3) is 4.12. The van der Waals surface area contributed by atoms with Gasteiger partial charge in [0.1, 0.15) is 0 Å². The molecule has 5 heteroatoms. The van der Waals surface area contributed by atoms with E-state index in [4.69, 9.17) is 5.73 Å². The lowest BCUT2D eigenvalue weighted by molar-refractivity contribution is 0.241. The maximum Gasteiger partial charge on any atom is 0.315 e. The first-order valence-electron chi connectivity index (χ1n) is 4.01. The number of hydrogen-bond acceptors (Lipinski definition) is 2. The van der Waals surface area contributed by atoms with Crippen molar-refractivity contribution in [3.05, 3.63) is 0 Å². The van der Waals surface area contributed by atoms with E-state index in [1.54, 1.807) is 0 Å². The molecule has 2 amide bonds. The van der Waals surface area contributed by atoms with Gasteiger partial charge in [-0.2, -0.15) is 0 Å². The molecule has 0 saturated heterocycles. The molecule has 1 saturated carbocycles. The van der Waals surface area contributed by atoms with E-state index < -0.39 is 0 Å². The molecule has 68 valence electrons. The molecule has 0 unspecified atom stereocenters. The number of rotatable bonds is 4. The highest BCUT2D eigenvalue weighted by Crippen LogP contribution is 2.18. The van der Waals surface area contributed by atoms with Gasteiger partial charge in [0, 0.05) is 19.0 Å². The van der Waals surface area contributed by atoms with Crippen molar-refractivity contribution in [2.24, 2.45) is 5.73 Å². The number of carbonyl (C=O) groups excluding carboxylic acids is 1. The van der Waals surface area contributed by atoms with Crippen molar-refractivity contribution in [2.45, 2.75) is 25.3 Å². The van der Waals surface area contributed by atoms with Crippen molar-refractivity contribution < 1.29 is 4.79 Å². The van der Waals surface area contributed by atoms with Gasteiger partial charge in [-0.3, -0.25) is 0 Å². The summed E-state index contributed by atoms with van der Waals surface area (Å²) in [5, 5.41) is 5.46. The number of carbonyl (C=O) groups is 1. The van der Waals surface area contributed by atoms with Crippen molar-refractivity contribution >= 4 is 23.2 Å². The van der Waals surface area contributed by atoms with Gasteiger partial charge in [-0.25, -0.2) is 4.79 Å². The Bertz CT molecular complexity index is 191. The molecule has 0 aromatic carbocycles. The van der Waals surface area contributed by atoms with E-state index in [1.807, 2.05) is 0 Å².